The second kappa shape index (κ2) is 10.1. The fraction of sp³-hybridized carbons (Fsp3) is 0.500. The third kappa shape index (κ3) is 5.44. The molecule has 0 saturated heterocycles. The standard InChI is InChI=1S/C22H30N2O2.ClH/c1-24(15-18-12-7-11-17-10-5-6-13-19(17)18)22(26)21(25)20(23)14-16-8-3-2-4-9-16;/h5-7,10-13,16,20-21,25H,2-4,8-9,14-15,23H2,1H3;1H/t20-,21?;/m1./s1. The van der Waals surface area contributed by atoms with Gasteiger partial charge < -0.3 is 15.7 Å². The van der Waals surface area contributed by atoms with Crippen LogP contribution in [-0.4, -0.2) is 35.1 Å². The van der Waals surface area contributed by atoms with Gasteiger partial charge in [-0.3, -0.25) is 4.79 Å². The molecule has 1 saturated carbocycles. The summed E-state index contributed by atoms with van der Waals surface area (Å²) >= 11 is 0. The fourth-order valence-electron chi connectivity index (χ4n) is 4.11. The average molecular weight is 391 g/mol. The first-order valence-corrected chi connectivity index (χ1v) is 9.71. The predicted molar refractivity (Wildman–Crippen MR) is 113 cm³/mol. The molecule has 1 unspecified atom stereocenters. The molecule has 148 valence electrons. The van der Waals surface area contributed by atoms with Crippen LogP contribution in [0.1, 0.15) is 44.1 Å². The van der Waals surface area contributed by atoms with Crippen LogP contribution in [0, 0.1) is 5.92 Å². The Morgan fingerprint density at radius 1 is 1.15 bits per heavy atom. The molecule has 0 aliphatic heterocycles. The zero-order valence-electron chi connectivity index (χ0n) is 16.0. The molecule has 5 heteroatoms. The molecule has 3 rings (SSSR count). The van der Waals surface area contributed by atoms with Gasteiger partial charge in [-0.1, -0.05) is 74.6 Å². The van der Waals surface area contributed by atoms with Gasteiger partial charge in [-0.2, -0.15) is 0 Å². The van der Waals surface area contributed by atoms with Crippen molar-refractivity contribution in [1.82, 2.24) is 4.90 Å². The number of carbonyl (C=O) groups is 1. The molecule has 27 heavy (non-hydrogen) atoms. The minimum atomic E-state index is -1.13. The summed E-state index contributed by atoms with van der Waals surface area (Å²) in [6, 6.07) is 13.7. The number of nitrogens with two attached hydrogens (primary N) is 1. The molecule has 1 aliphatic carbocycles. The van der Waals surface area contributed by atoms with E-state index in [0.29, 0.717) is 12.5 Å². The number of halogens is 1. The highest BCUT2D eigenvalue weighted by atomic mass is 35.5. The minimum Gasteiger partial charge on any atom is -0.382 e. The molecule has 0 bridgehead atoms. The maximum atomic E-state index is 12.7. The maximum absolute atomic E-state index is 12.7. The average Bonchev–Trinajstić information content (AvgIpc) is 2.67. The number of carbonyl (C=O) groups excluding carboxylic acids is 1. The van der Waals surface area contributed by atoms with Crippen LogP contribution in [0.25, 0.3) is 10.8 Å². The molecule has 1 amide bonds. The number of aliphatic hydroxyl groups is 1. The van der Waals surface area contributed by atoms with Crippen LogP contribution in [0.3, 0.4) is 0 Å². The normalized spacial score (nSPS) is 17.1. The van der Waals surface area contributed by atoms with E-state index in [0.717, 1.165) is 22.8 Å². The molecule has 2 aromatic carbocycles. The molecule has 2 aromatic rings. The predicted octanol–water partition coefficient (Wildman–Crippen LogP) is 3.88. The summed E-state index contributed by atoms with van der Waals surface area (Å²) in [5.74, 6) is 0.255. The summed E-state index contributed by atoms with van der Waals surface area (Å²) in [5.41, 5.74) is 7.25. The van der Waals surface area contributed by atoms with Crippen LogP contribution in [0.15, 0.2) is 42.5 Å². The highest BCUT2D eigenvalue weighted by molar-refractivity contribution is 5.86. The number of rotatable bonds is 6. The number of hydrogen-bond acceptors (Lipinski definition) is 3. The molecule has 0 radical (unpaired) electrons. The van der Waals surface area contributed by atoms with Crippen LogP contribution in [0.4, 0.5) is 0 Å². The van der Waals surface area contributed by atoms with Gasteiger partial charge in [0, 0.05) is 19.6 Å². The maximum Gasteiger partial charge on any atom is 0.253 e. The molecule has 4 nitrogen and oxygen atoms in total. The molecule has 0 heterocycles. The van der Waals surface area contributed by atoms with Crippen LogP contribution in [-0.2, 0) is 11.3 Å². The van der Waals surface area contributed by atoms with Gasteiger partial charge in [0.1, 0.15) is 6.10 Å². The molecular weight excluding hydrogens is 360 g/mol. The lowest BCUT2D eigenvalue weighted by atomic mass is 9.84. The lowest BCUT2D eigenvalue weighted by Crippen LogP contribution is -2.47. The molecule has 0 spiro atoms. The van der Waals surface area contributed by atoms with Crippen LogP contribution < -0.4 is 5.73 Å². The molecule has 2 atom stereocenters. The summed E-state index contributed by atoms with van der Waals surface area (Å²) in [6.45, 7) is 0.466. The Kier molecular flexibility index (Phi) is 8.08. The summed E-state index contributed by atoms with van der Waals surface area (Å²) in [7, 11) is 1.74. The van der Waals surface area contributed by atoms with Gasteiger partial charge in [-0.15, -0.1) is 12.4 Å². The van der Waals surface area contributed by atoms with Crippen molar-refractivity contribution < 1.29 is 9.90 Å². The molecule has 1 fully saturated rings. The smallest absolute Gasteiger partial charge is 0.253 e. The van der Waals surface area contributed by atoms with Gasteiger partial charge in [0.2, 0.25) is 0 Å². The van der Waals surface area contributed by atoms with Gasteiger partial charge in [0.25, 0.3) is 5.91 Å². The Labute approximate surface area is 168 Å². The van der Waals surface area contributed by atoms with Gasteiger partial charge >= 0.3 is 0 Å². The first-order chi connectivity index (χ1) is 12.6. The van der Waals surface area contributed by atoms with Crippen molar-refractivity contribution in [2.45, 2.75) is 57.2 Å². The number of hydrogen-bond donors (Lipinski definition) is 2. The van der Waals surface area contributed by atoms with Crippen molar-refractivity contribution >= 4 is 29.1 Å². The van der Waals surface area contributed by atoms with Gasteiger partial charge in [0.05, 0.1) is 0 Å². The Morgan fingerprint density at radius 2 is 1.81 bits per heavy atom. The Morgan fingerprint density at radius 3 is 2.56 bits per heavy atom. The van der Waals surface area contributed by atoms with E-state index in [4.69, 9.17) is 5.73 Å². The van der Waals surface area contributed by atoms with Crippen molar-refractivity contribution in [1.29, 1.82) is 0 Å². The highest BCUT2D eigenvalue weighted by Crippen LogP contribution is 2.28. The highest BCUT2D eigenvalue weighted by Gasteiger charge is 2.28. The van der Waals surface area contributed by atoms with Crippen LogP contribution >= 0.6 is 12.4 Å². The molecular formula is C22H31ClN2O2. The van der Waals surface area contributed by atoms with Gasteiger partial charge in [-0.05, 0) is 28.7 Å². The second-order valence-corrected chi connectivity index (χ2v) is 7.68. The first kappa shape index (κ1) is 21.7. The SMILES string of the molecule is CN(Cc1cccc2ccccc12)C(=O)C(O)[C@H](N)CC1CCCCC1.Cl. The van der Waals surface area contributed by atoms with Crippen molar-refractivity contribution in [3.8, 4) is 0 Å². The van der Waals surface area contributed by atoms with Crippen molar-refractivity contribution in [3.05, 3.63) is 48.0 Å². The largest absolute Gasteiger partial charge is 0.382 e. The van der Waals surface area contributed by atoms with E-state index in [1.54, 1.807) is 11.9 Å². The third-order valence-electron chi connectivity index (χ3n) is 5.65. The van der Waals surface area contributed by atoms with E-state index in [1.165, 1.54) is 32.1 Å². The molecule has 3 N–H and O–H groups in total. The van der Waals surface area contributed by atoms with E-state index in [1.807, 2.05) is 24.3 Å². The Balaban J connectivity index is 0.00000261. The Bertz CT molecular complexity index is 741. The van der Waals surface area contributed by atoms with Crippen molar-refractivity contribution in [2.75, 3.05) is 7.05 Å². The number of benzene rings is 2. The monoisotopic (exact) mass is 390 g/mol. The fourth-order valence-corrected chi connectivity index (χ4v) is 4.11. The van der Waals surface area contributed by atoms with Crippen molar-refractivity contribution in [3.63, 3.8) is 0 Å². The molecule has 1 aliphatic rings. The quantitative estimate of drug-likeness (QED) is 0.786. The summed E-state index contributed by atoms with van der Waals surface area (Å²) in [5, 5.41) is 12.8. The lowest BCUT2D eigenvalue weighted by Gasteiger charge is -2.29. The number of amides is 1. The number of nitrogens with zero attached hydrogens (tertiary/aromatic N) is 1. The van der Waals surface area contributed by atoms with E-state index >= 15 is 0 Å². The number of aliphatic hydroxyl groups excluding tert-OH is 1. The van der Waals surface area contributed by atoms with Gasteiger partial charge in [0.15, 0.2) is 0 Å². The van der Waals surface area contributed by atoms with E-state index in [-0.39, 0.29) is 18.3 Å². The minimum absolute atomic E-state index is 0. The summed E-state index contributed by atoms with van der Waals surface area (Å²) in [4.78, 5) is 14.3. The lowest BCUT2D eigenvalue weighted by molar-refractivity contribution is -0.140. The van der Waals surface area contributed by atoms with Gasteiger partial charge in [-0.25, -0.2) is 0 Å². The zero-order valence-corrected chi connectivity index (χ0v) is 16.8. The zero-order chi connectivity index (χ0) is 18.5. The van der Waals surface area contributed by atoms with Crippen molar-refractivity contribution in [2.24, 2.45) is 11.7 Å². The van der Waals surface area contributed by atoms with Crippen LogP contribution in [0.5, 0.6) is 0 Å². The van der Waals surface area contributed by atoms with E-state index < -0.39 is 12.1 Å². The molecule has 0 aromatic heterocycles. The summed E-state index contributed by atoms with van der Waals surface area (Å²) < 4.78 is 0. The summed E-state index contributed by atoms with van der Waals surface area (Å²) in [6.07, 6.45) is 5.71. The third-order valence-corrected chi connectivity index (χ3v) is 5.65. The first-order valence-electron chi connectivity index (χ1n) is 9.71. The number of likely N-dealkylation sites (N-methyl/N-ethyl adjacent to an activating group) is 1. The Hall–Kier alpha value is -1.62. The second-order valence-electron chi connectivity index (χ2n) is 7.68. The number of fused-ring (bicyclic) bond motifs is 1. The topological polar surface area (TPSA) is 66.6 Å². The van der Waals surface area contributed by atoms with E-state index in [2.05, 4.69) is 18.2 Å². The van der Waals surface area contributed by atoms with Crippen LogP contribution in [0.2, 0.25) is 0 Å². The van der Waals surface area contributed by atoms with E-state index in [9.17, 15) is 9.90 Å².